The molecule has 4 rings (SSSR count). The number of ether oxygens (including phenoxy) is 1. The van der Waals surface area contributed by atoms with E-state index in [-0.39, 0.29) is 11.3 Å². The molecule has 1 amide bonds. The lowest BCUT2D eigenvalue weighted by Gasteiger charge is -2.26. The Bertz CT molecular complexity index is 968. The van der Waals surface area contributed by atoms with Gasteiger partial charge in [0.25, 0.3) is 5.91 Å². The number of hydrogen-bond acceptors (Lipinski definition) is 3. The predicted molar refractivity (Wildman–Crippen MR) is 113 cm³/mol. The van der Waals surface area contributed by atoms with Crippen molar-refractivity contribution in [1.82, 2.24) is 4.90 Å². The maximum Gasteiger partial charge on any atom is 0.259 e. The molecule has 1 aliphatic rings. The molecule has 4 heteroatoms. The van der Waals surface area contributed by atoms with Gasteiger partial charge in [0, 0.05) is 12.3 Å². The van der Waals surface area contributed by atoms with Crippen LogP contribution in [0.15, 0.2) is 60.7 Å². The van der Waals surface area contributed by atoms with Gasteiger partial charge in [0.05, 0.1) is 12.2 Å². The molecular formula is C23H23NO2S. The zero-order chi connectivity index (χ0) is 18.8. The summed E-state index contributed by atoms with van der Waals surface area (Å²) in [5.41, 5.74) is 3.08. The SMILES string of the molecule is CCOc1ccc2ccccc2c1C(=O)N1CCSC1c1ccc(C)cc1. The van der Waals surface area contributed by atoms with E-state index in [4.69, 9.17) is 4.74 Å². The molecule has 1 aliphatic heterocycles. The van der Waals surface area contributed by atoms with Gasteiger partial charge in [0.2, 0.25) is 0 Å². The minimum atomic E-state index is 0.0471. The summed E-state index contributed by atoms with van der Waals surface area (Å²) in [4.78, 5) is 15.6. The minimum Gasteiger partial charge on any atom is -0.493 e. The largest absolute Gasteiger partial charge is 0.493 e. The molecule has 1 heterocycles. The van der Waals surface area contributed by atoms with Crippen molar-refractivity contribution in [3.63, 3.8) is 0 Å². The molecule has 138 valence electrons. The number of amides is 1. The summed E-state index contributed by atoms with van der Waals surface area (Å²) >= 11 is 1.82. The van der Waals surface area contributed by atoms with E-state index in [1.165, 1.54) is 11.1 Å². The van der Waals surface area contributed by atoms with Crippen LogP contribution in [0.4, 0.5) is 0 Å². The summed E-state index contributed by atoms with van der Waals surface area (Å²) < 4.78 is 5.83. The van der Waals surface area contributed by atoms with Crippen molar-refractivity contribution in [2.45, 2.75) is 19.2 Å². The first kappa shape index (κ1) is 17.9. The lowest BCUT2D eigenvalue weighted by molar-refractivity contribution is 0.0758. The van der Waals surface area contributed by atoms with E-state index in [1.807, 2.05) is 60.0 Å². The first-order chi connectivity index (χ1) is 13.2. The number of carbonyl (C=O) groups is 1. The number of fused-ring (bicyclic) bond motifs is 1. The Morgan fingerprint density at radius 1 is 1.11 bits per heavy atom. The Labute approximate surface area is 164 Å². The molecule has 1 fully saturated rings. The second-order valence-corrected chi connectivity index (χ2v) is 7.91. The van der Waals surface area contributed by atoms with E-state index >= 15 is 0 Å². The summed E-state index contributed by atoms with van der Waals surface area (Å²) in [7, 11) is 0. The third kappa shape index (κ3) is 3.42. The Morgan fingerprint density at radius 2 is 1.89 bits per heavy atom. The third-order valence-corrected chi connectivity index (χ3v) is 6.18. The van der Waals surface area contributed by atoms with E-state index in [0.717, 1.165) is 23.1 Å². The minimum absolute atomic E-state index is 0.0471. The van der Waals surface area contributed by atoms with Gasteiger partial charge in [-0.2, -0.15) is 0 Å². The molecule has 0 spiro atoms. The first-order valence-electron chi connectivity index (χ1n) is 9.32. The van der Waals surface area contributed by atoms with Crippen molar-refractivity contribution in [1.29, 1.82) is 0 Å². The number of aryl methyl sites for hydroxylation is 1. The van der Waals surface area contributed by atoms with Crippen molar-refractivity contribution >= 4 is 28.4 Å². The van der Waals surface area contributed by atoms with E-state index in [0.29, 0.717) is 17.9 Å². The summed E-state index contributed by atoms with van der Waals surface area (Å²) in [6.07, 6.45) is 0. The Kier molecular flexibility index (Phi) is 5.08. The van der Waals surface area contributed by atoms with Crippen LogP contribution in [-0.4, -0.2) is 29.7 Å². The maximum absolute atomic E-state index is 13.6. The lowest BCUT2D eigenvalue weighted by atomic mass is 10.0. The van der Waals surface area contributed by atoms with Crippen molar-refractivity contribution < 1.29 is 9.53 Å². The predicted octanol–water partition coefficient (Wildman–Crippen LogP) is 5.43. The topological polar surface area (TPSA) is 29.5 Å². The quantitative estimate of drug-likeness (QED) is 0.607. The van der Waals surface area contributed by atoms with Gasteiger partial charge < -0.3 is 9.64 Å². The van der Waals surface area contributed by atoms with Crippen LogP contribution < -0.4 is 4.74 Å². The highest BCUT2D eigenvalue weighted by atomic mass is 32.2. The van der Waals surface area contributed by atoms with E-state index < -0.39 is 0 Å². The van der Waals surface area contributed by atoms with Crippen LogP contribution in [0.25, 0.3) is 10.8 Å². The number of thioether (sulfide) groups is 1. The first-order valence-corrected chi connectivity index (χ1v) is 10.4. The summed E-state index contributed by atoms with van der Waals surface area (Å²) in [5.74, 6) is 1.66. The molecule has 0 bridgehead atoms. The van der Waals surface area contributed by atoms with Gasteiger partial charge >= 0.3 is 0 Å². The molecule has 0 aromatic heterocycles. The van der Waals surface area contributed by atoms with Crippen LogP contribution in [0.3, 0.4) is 0 Å². The number of nitrogens with zero attached hydrogens (tertiary/aromatic N) is 1. The van der Waals surface area contributed by atoms with Crippen molar-refractivity contribution in [2.75, 3.05) is 18.9 Å². The summed E-state index contributed by atoms with van der Waals surface area (Å²) in [6.45, 7) is 5.31. The molecule has 27 heavy (non-hydrogen) atoms. The lowest BCUT2D eigenvalue weighted by Crippen LogP contribution is -2.31. The van der Waals surface area contributed by atoms with Gasteiger partial charge in [-0.25, -0.2) is 0 Å². The Hall–Kier alpha value is -2.46. The van der Waals surface area contributed by atoms with E-state index in [1.54, 1.807) is 0 Å². The maximum atomic E-state index is 13.6. The van der Waals surface area contributed by atoms with E-state index in [2.05, 4.69) is 31.2 Å². The Morgan fingerprint density at radius 3 is 2.67 bits per heavy atom. The average molecular weight is 378 g/mol. The molecule has 0 aliphatic carbocycles. The van der Waals surface area contributed by atoms with Gasteiger partial charge in [-0.3, -0.25) is 4.79 Å². The smallest absolute Gasteiger partial charge is 0.259 e. The van der Waals surface area contributed by atoms with E-state index in [9.17, 15) is 4.79 Å². The van der Waals surface area contributed by atoms with Gasteiger partial charge in [-0.15, -0.1) is 11.8 Å². The second-order valence-electron chi connectivity index (χ2n) is 6.73. The van der Waals surface area contributed by atoms with Crippen LogP contribution >= 0.6 is 11.8 Å². The molecule has 3 nitrogen and oxygen atoms in total. The molecule has 3 aromatic rings. The molecule has 3 aromatic carbocycles. The van der Waals surface area contributed by atoms with Crippen LogP contribution in [0.1, 0.15) is 33.8 Å². The molecular weight excluding hydrogens is 354 g/mol. The fourth-order valence-corrected chi connectivity index (χ4v) is 4.83. The summed E-state index contributed by atoms with van der Waals surface area (Å²) in [6, 6.07) is 20.4. The number of rotatable bonds is 4. The number of benzene rings is 3. The van der Waals surface area contributed by atoms with Gasteiger partial charge in [0.1, 0.15) is 11.1 Å². The fourth-order valence-electron chi connectivity index (χ4n) is 3.58. The van der Waals surface area contributed by atoms with Crippen LogP contribution in [-0.2, 0) is 0 Å². The second kappa shape index (κ2) is 7.65. The van der Waals surface area contributed by atoms with Crippen molar-refractivity contribution in [2.24, 2.45) is 0 Å². The zero-order valence-electron chi connectivity index (χ0n) is 15.6. The molecule has 0 saturated carbocycles. The highest BCUT2D eigenvalue weighted by molar-refractivity contribution is 7.99. The highest BCUT2D eigenvalue weighted by Gasteiger charge is 2.33. The van der Waals surface area contributed by atoms with Crippen LogP contribution in [0.5, 0.6) is 5.75 Å². The third-order valence-electron chi connectivity index (χ3n) is 4.92. The molecule has 0 radical (unpaired) electrons. The monoisotopic (exact) mass is 377 g/mol. The fraction of sp³-hybridized carbons (Fsp3) is 0.261. The zero-order valence-corrected chi connectivity index (χ0v) is 16.5. The summed E-state index contributed by atoms with van der Waals surface area (Å²) in [5, 5.41) is 2.06. The van der Waals surface area contributed by atoms with Crippen molar-refractivity contribution in [3.8, 4) is 5.75 Å². The van der Waals surface area contributed by atoms with Crippen LogP contribution in [0, 0.1) is 6.92 Å². The number of carbonyl (C=O) groups excluding carboxylic acids is 1. The molecule has 1 atom stereocenters. The van der Waals surface area contributed by atoms with Gasteiger partial charge in [0.15, 0.2) is 0 Å². The molecule has 0 N–H and O–H groups in total. The average Bonchev–Trinajstić information content (AvgIpc) is 3.18. The number of hydrogen-bond donors (Lipinski definition) is 0. The van der Waals surface area contributed by atoms with Gasteiger partial charge in [-0.05, 0) is 36.2 Å². The normalized spacial score (nSPS) is 16.7. The molecule has 1 unspecified atom stereocenters. The molecule has 1 saturated heterocycles. The standard InChI is InChI=1S/C23H23NO2S/c1-3-26-20-13-12-17-6-4-5-7-19(17)21(20)22(25)24-14-15-27-23(24)18-10-8-16(2)9-11-18/h4-13,23H,3,14-15H2,1-2H3. The Balaban J connectivity index is 1.77. The van der Waals surface area contributed by atoms with Gasteiger partial charge in [-0.1, -0.05) is 60.2 Å². The van der Waals surface area contributed by atoms with Crippen LogP contribution in [0.2, 0.25) is 0 Å². The van der Waals surface area contributed by atoms with Crippen molar-refractivity contribution in [3.05, 3.63) is 77.4 Å². The highest BCUT2D eigenvalue weighted by Crippen LogP contribution is 2.40.